The molecular formula is C14H14N2O2S. The topological polar surface area (TPSA) is 42.4 Å². The Morgan fingerprint density at radius 1 is 1.37 bits per heavy atom. The molecule has 98 valence electrons. The molecule has 5 heteroatoms. The summed E-state index contributed by atoms with van der Waals surface area (Å²) < 4.78 is 4.65. The molecule has 0 atom stereocenters. The minimum Gasteiger partial charge on any atom is -0.469 e. The summed E-state index contributed by atoms with van der Waals surface area (Å²) >= 11 is 1.58. The molecule has 0 saturated heterocycles. The Kier molecular flexibility index (Phi) is 3.21. The minimum atomic E-state index is -0.249. The fourth-order valence-electron chi connectivity index (χ4n) is 2.21. The number of thiazole rings is 1. The van der Waals surface area contributed by atoms with Crippen molar-refractivity contribution >= 4 is 22.4 Å². The zero-order chi connectivity index (χ0) is 13.2. The fraction of sp³-hybridized carbons (Fsp3) is 0.286. The second kappa shape index (κ2) is 5.01. The van der Waals surface area contributed by atoms with E-state index in [1.165, 1.54) is 18.2 Å². The van der Waals surface area contributed by atoms with Crippen LogP contribution in [0.5, 0.6) is 0 Å². The molecule has 2 aromatic rings. The monoisotopic (exact) mass is 274 g/mol. The van der Waals surface area contributed by atoms with Crippen molar-refractivity contribution < 1.29 is 9.53 Å². The van der Waals surface area contributed by atoms with Crippen molar-refractivity contribution in [3.05, 3.63) is 46.5 Å². The van der Waals surface area contributed by atoms with E-state index in [1.807, 2.05) is 5.38 Å². The third-order valence-corrected chi connectivity index (χ3v) is 4.15. The van der Waals surface area contributed by atoms with E-state index >= 15 is 0 Å². The van der Waals surface area contributed by atoms with Crippen LogP contribution in [0.15, 0.2) is 29.6 Å². The number of fused-ring (bicyclic) bond motifs is 1. The Hall–Kier alpha value is -1.88. The quantitative estimate of drug-likeness (QED) is 0.806. The SMILES string of the molecule is COC(=O)Cc1csc(N2Cc3ccccc3C2)n1. The first-order valence-electron chi connectivity index (χ1n) is 6.09. The number of esters is 1. The first-order chi connectivity index (χ1) is 9.26. The number of methoxy groups -OCH3 is 1. The normalized spacial score (nSPS) is 13.4. The van der Waals surface area contributed by atoms with Crippen LogP contribution in [-0.4, -0.2) is 18.1 Å². The number of carbonyl (C=O) groups is 1. The number of benzene rings is 1. The molecule has 0 N–H and O–H groups in total. The van der Waals surface area contributed by atoms with E-state index in [2.05, 4.69) is 38.9 Å². The van der Waals surface area contributed by atoms with E-state index in [0.717, 1.165) is 23.9 Å². The number of aromatic nitrogens is 1. The maximum atomic E-state index is 11.2. The lowest BCUT2D eigenvalue weighted by molar-refractivity contribution is -0.139. The molecule has 0 aliphatic carbocycles. The molecule has 1 aromatic carbocycles. The van der Waals surface area contributed by atoms with Gasteiger partial charge in [-0.3, -0.25) is 4.79 Å². The molecule has 0 fully saturated rings. The third kappa shape index (κ3) is 2.46. The zero-order valence-corrected chi connectivity index (χ0v) is 11.4. The van der Waals surface area contributed by atoms with Gasteiger partial charge in [0.05, 0.1) is 19.2 Å². The van der Waals surface area contributed by atoms with Crippen LogP contribution < -0.4 is 4.90 Å². The first kappa shape index (κ1) is 12.2. The molecule has 19 heavy (non-hydrogen) atoms. The van der Waals surface area contributed by atoms with Gasteiger partial charge in [-0.05, 0) is 11.1 Å². The van der Waals surface area contributed by atoms with E-state index in [1.54, 1.807) is 11.3 Å². The summed E-state index contributed by atoms with van der Waals surface area (Å²) in [5, 5.41) is 2.89. The molecule has 2 heterocycles. The van der Waals surface area contributed by atoms with E-state index in [4.69, 9.17) is 0 Å². The summed E-state index contributed by atoms with van der Waals surface area (Å²) in [6.45, 7) is 1.78. The van der Waals surface area contributed by atoms with Gasteiger partial charge in [-0.1, -0.05) is 24.3 Å². The summed E-state index contributed by atoms with van der Waals surface area (Å²) in [7, 11) is 1.40. The number of anilines is 1. The Morgan fingerprint density at radius 2 is 2.05 bits per heavy atom. The van der Waals surface area contributed by atoms with Crippen molar-refractivity contribution in [2.75, 3.05) is 12.0 Å². The summed E-state index contributed by atoms with van der Waals surface area (Å²) in [6, 6.07) is 8.43. The Morgan fingerprint density at radius 3 is 2.68 bits per heavy atom. The molecule has 0 bridgehead atoms. The van der Waals surface area contributed by atoms with Gasteiger partial charge in [0.1, 0.15) is 0 Å². The number of hydrogen-bond donors (Lipinski definition) is 0. The number of carbonyl (C=O) groups excluding carboxylic acids is 1. The van der Waals surface area contributed by atoms with E-state index < -0.39 is 0 Å². The van der Waals surface area contributed by atoms with Gasteiger partial charge in [-0.15, -0.1) is 11.3 Å². The van der Waals surface area contributed by atoms with Crippen LogP contribution in [0.3, 0.4) is 0 Å². The molecule has 0 spiro atoms. The smallest absolute Gasteiger partial charge is 0.311 e. The predicted molar refractivity (Wildman–Crippen MR) is 74.2 cm³/mol. The van der Waals surface area contributed by atoms with Crippen molar-refractivity contribution in [2.24, 2.45) is 0 Å². The second-order valence-electron chi connectivity index (χ2n) is 4.50. The van der Waals surface area contributed by atoms with E-state index in [-0.39, 0.29) is 12.4 Å². The molecule has 0 radical (unpaired) electrons. The van der Waals surface area contributed by atoms with Crippen molar-refractivity contribution in [1.82, 2.24) is 4.98 Å². The molecule has 1 aliphatic heterocycles. The lowest BCUT2D eigenvalue weighted by atomic mass is 10.1. The average molecular weight is 274 g/mol. The van der Waals surface area contributed by atoms with Crippen LogP contribution in [-0.2, 0) is 29.0 Å². The maximum absolute atomic E-state index is 11.2. The number of nitrogens with zero attached hydrogens (tertiary/aromatic N) is 2. The molecular weight excluding hydrogens is 260 g/mol. The van der Waals surface area contributed by atoms with Crippen LogP contribution in [0.2, 0.25) is 0 Å². The molecule has 0 amide bonds. The van der Waals surface area contributed by atoms with Crippen LogP contribution >= 0.6 is 11.3 Å². The van der Waals surface area contributed by atoms with Crippen LogP contribution in [0.4, 0.5) is 5.13 Å². The van der Waals surface area contributed by atoms with Gasteiger partial charge in [0.15, 0.2) is 5.13 Å². The van der Waals surface area contributed by atoms with Gasteiger partial charge >= 0.3 is 5.97 Å². The maximum Gasteiger partial charge on any atom is 0.311 e. The van der Waals surface area contributed by atoms with Gasteiger partial charge in [-0.2, -0.15) is 0 Å². The highest BCUT2D eigenvalue weighted by atomic mass is 32.1. The highest BCUT2D eigenvalue weighted by molar-refractivity contribution is 7.13. The lowest BCUT2D eigenvalue weighted by Gasteiger charge is -2.12. The minimum absolute atomic E-state index is 0.244. The lowest BCUT2D eigenvalue weighted by Crippen LogP contribution is -2.14. The van der Waals surface area contributed by atoms with E-state index in [0.29, 0.717) is 0 Å². The van der Waals surface area contributed by atoms with Crippen molar-refractivity contribution in [2.45, 2.75) is 19.5 Å². The van der Waals surface area contributed by atoms with Gasteiger partial charge < -0.3 is 9.64 Å². The molecule has 1 aromatic heterocycles. The average Bonchev–Trinajstić information content (AvgIpc) is 3.04. The Bertz CT molecular complexity index is 584. The highest BCUT2D eigenvalue weighted by Crippen LogP contribution is 2.30. The fourth-order valence-corrected chi connectivity index (χ4v) is 3.04. The van der Waals surface area contributed by atoms with Crippen molar-refractivity contribution in [3.8, 4) is 0 Å². The molecule has 0 unspecified atom stereocenters. The van der Waals surface area contributed by atoms with Crippen LogP contribution in [0.25, 0.3) is 0 Å². The first-order valence-corrected chi connectivity index (χ1v) is 6.97. The Labute approximate surface area is 115 Å². The largest absolute Gasteiger partial charge is 0.469 e. The van der Waals surface area contributed by atoms with Gasteiger partial charge in [0.2, 0.25) is 0 Å². The van der Waals surface area contributed by atoms with Crippen LogP contribution in [0.1, 0.15) is 16.8 Å². The van der Waals surface area contributed by atoms with Crippen LogP contribution in [0, 0.1) is 0 Å². The third-order valence-electron chi connectivity index (χ3n) is 3.20. The Balaban J connectivity index is 1.73. The summed E-state index contributed by atoms with van der Waals surface area (Å²) in [5.74, 6) is -0.249. The summed E-state index contributed by atoms with van der Waals surface area (Å²) in [6.07, 6.45) is 0.244. The predicted octanol–water partition coefficient (Wildman–Crippen LogP) is 2.38. The van der Waals surface area contributed by atoms with Crippen molar-refractivity contribution in [3.63, 3.8) is 0 Å². The van der Waals surface area contributed by atoms with Gasteiger partial charge in [0, 0.05) is 18.5 Å². The number of rotatable bonds is 3. The summed E-state index contributed by atoms with van der Waals surface area (Å²) in [5.41, 5.74) is 3.49. The molecule has 0 saturated carbocycles. The van der Waals surface area contributed by atoms with Crippen molar-refractivity contribution in [1.29, 1.82) is 0 Å². The molecule has 4 nitrogen and oxygen atoms in total. The van der Waals surface area contributed by atoms with E-state index in [9.17, 15) is 4.79 Å². The summed E-state index contributed by atoms with van der Waals surface area (Å²) in [4.78, 5) is 18.0. The number of hydrogen-bond acceptors (Lipinski definition) is 5. The zero-order valence-electron chi connectivity index (χ0n) is 10.6. The number of ether oxygens (including phenoxy) is 1. The van der Waals surface area contributed by atoms with Gasteiger partial charge in [0.25, 0.3) is 0 Å². The standard InChI is InChI=1S/C14H14N2O2S/c1-18-13(17)6-12-9-19-14(15-12)16-7-10-4-2-3-5-11(10)8-16/h2-5,9H,6-8H2,1H3. The molecule has 1 aliphatic rings. The highest BCUT2D eigenvalue weighted by Gasteiger charge is 2.21. The molecule has 3 rings (SSSR count). The van der Waals surface area contributed by atoms with Gasteiger partial charge in [-0.25, -0.2) is 4.98 Å². The second-order valence-corrected chi connectivity index (χ2v) is 5.34.